The number of benzene rings is 1. The predicted octanol–water partition coefficient (Wildman–Crippen LogP) is 4.22. The molecule has 1 aromatic carbocycles. The van der Waals surface area contributed by atoms with E-state index in [-0.39, 0.29) is 5.92 Å². The Labute approximate surface area is 166 Å². The number of carboxylic acid groups (broad SMARTS) is 1. The lowest BCUT2D eigenvalue weighted by molar-refractivity contribution is -0.134. The summed E-state index contributed by atoms with van der Waals surface area (Å²) in [6, 6.07) is 8.69. The molecule has 0 aliphatic heterocycles. The number of carbonyl (C=O) groups excluding carboxylic acids is 2. The third-order valence-electron chi connectivity index (χ3n) is 4.26. The number of hydrogen-bond acceptors (Lipinski definition) is 5. The zero-order chi connectivity index (χ0) is 20.9. The molecule has 0 aromatic heterocycles. The van der Waals surface area contributed by atoms with E-state index in [9.17, 15) is 9.59 Å². The van der Waals surface area contributed by atoms with E-state index in [0.29, 0.717) is 18.0 Å². The molecule has 2 rings (SSSR count). The summed E-state index contributed by atoms with van der Waals surface area (Å²) in [6.45, 7) is 5.39. The molecule has 0 radical (unpaired) electrons. The lowest BCUT2D eigenvalue weighted by atomic mass is 9.89. The Balaban J connectivity index is 0.000000892. The molecule has 1 atom stereocenters. The number of aliphatic carboxylic acids is 1. The third-order valence-corrected chi connectivity index (χ3v) is 4.26. The van der Waals surface area contributed by atoms with Crippen LogP contribution in [0.4, 0.5) is 4.79 Å². The van der Waals surface area contributed by atoms with Crippen molar-refractivity contribution >= 4 is 18.0 Å². The van der Waals surface area contributed by atoms with Crippen LogP contribution in [0.1, 0.15) is 63.2 Å². The fourth-order valence-corrected chi connectivity index (χ4v) is 2.81. The first-order chi connectivity index (χ1) is 13.3. The minimum absolute atomic E-state index is 0.127. The Morgan fingerprint density at radius 3 is 2.18 bits per heavy atom. The Morgan fingerprint density at radius 2 is 1.64 bits per heavy atom. The van der Waals surface area contributed by atoms with Gasteiger partial charge in [-0.1, -0.05) is 51.3 Å². The summed E-state index contributed by atoms with van der Waals surface area (Å²) in [5.41, 5.74) is 0.439. The molecule has 1 fully saturated rings. The highest BCUT2D eigenvalue weighted by atomic mass is 16.7. The van der Waals surface area contributed by atoms with Crippen molar-refractivity contribution in [3.05, 3.63) is 35.9 Å². The maximum absolute atomic E-state index is 12.1. The van der Waals surface area contributed by atoms with Gasteiger partial charge in [-0.15, -0.1) is 0 Å². The number of carbonyl (C=O) groups is 3. The molecule has 28 heavy (non-hydrogen) atoms. The molecule has 7 heteroatoms. The van der Waals surface area contributed by atoms with Crippen molar-refractivity contribution < 1.29 is 29.0 Å². The summed E-state index contributed by atoms with van der Waals surface area (Å²) in [7, 11) is 0. The third kappa shape index (κ3) is 9.94. The van der Waals surface area contributed by atoms with Gasteiger partial charge in [0.25, 0.3) is 12.3 Å². The van der Waals surface area contributed by atoms with Gasteiger partial charge in [-0.3, -0.25) is 4.79 Å². The fraction of sp³-hybridized carbons (Fsp3) is 0.571. The highest BCUT2D eigenvalue weighted by Crippen LogP contribution is 2.22. The molecule has 0 bridgehead atoms. The predicted molar refractivity (Wildman–Crippen MR) is 105 cm³/mol. The van der Waals surface area contributed by atoms with E-state index in [1.54, 1.807) is 24.3 Å². The summed E-state index contributed by atoms with van der Waals surface area (Å²) in [5.74, 6) is -0.928. The lowest BCUT2D eigenvalue weighted by Gasteiger charge is -2.24. The van der Waals surface area contributed by atoms with E-state index in [4.69, 9.17) is 19.4 Å². The highest BCUT2D eigenvalue weighted by Gasteiger charge is 2.24. The van der Waals surface area contributed by atoms with Crippen molar-refractivity contribution in [2.24, 2.45) is 11.8 Å². The molecule has 0 saturated heterocycles. The standard InChI is InChI=1S/C19H27NO4.C2H4O2/c1-14(2)18(23-17(21)16-11-7-4-8-12-16)24-19(22)20-13-15-9-5-3-6-10-15;1-2(3)4/h4,7-8,11-12,14-15,18H,3,5-6,9-10,13H2,1-2H3,(H,20,22);1H3,(H,3,4). The molecule has 0 spiro atoms. The van der Waals surface area contributed by atoms with Crippen LogP contribution in [-0.2, 0) is 14.3 Å². The summed E-state index contributed by atoms with van der Waals surface area (Å²) in [6.07, 6.45) is 4.61. The summed E-state index contributed by atoms with van der Waals surface area (Å²) in [4.78, 5) is 33.1. The van der Waals surface area contributed by atoms with E-state index in [1.807, 2.05) is 19.9 Å². The molecular weight excluding hydrogens is 362 g/mol. The minimum atomic E-state index is -0.899. The van der Waals surface area contributed by atoms with Gasteiger partial charge in [-0.05, 0) is 30.9 Å². The second-order valence-electron chi connectivity index (χ2n) is 7.19. The number of hydrogen-bond donors (Lipinski definition) is 2. The maximum atomic E-state index is 12.1. The summed E-state index contributed by atoms with van der Waals surface area (Å²) < 4.78 is 10.6. The number of carboxylic acids is 1. The van der Waals surface area contributed by atoms with Crippen LogP contribution < -0.4 is 5.32 Å². The average Bonchev–Trinajstić information content (AvgIpc) is 2.67. The second kappa shape index (κ2) is 12.8. The molecule has 2 N–H and O–H groups in total. The zero-order valence-electron chi connectivity index (χ0n) is 16.8. The van der Waals surface area contributed by atoms with E-state index in [1.165, 1.54) is 19.3 Å². The first-order valence-electron chi connectivity index (χ1n) is 9.69. The van der Waals surface area contributed by atoms with Crippen LogP contribution in [-0.4, -0.2) is 36.0 Å². The number of rotatable bonds is 6. The molecule has 1 saturated carbocycles. The van der Waals surface area contributed by atoms with Crippen molar-refractivity contribution in [1.82, 2.24) is 5.32 Å². The van der Waals surface area contributed by atoms with Crippen molar-refractivity contribution in [1.29, 1.82) is 0 Å². The average molecular weight is 393 g/mol. The molecule has 1 aliphatic rings. The van der Waals surface area contributed by atoms with Crippen LogP contribution in [0, 0.1) is 11.8 Å². The van der Waals surface area contributed by atoms with E-state index in [0.717, 1.165) is 19.8 Å². The molecular formula is C21H31NO6. The van der Waals surface area contributed by atoms with Gasteiger partial charge < -0.3 is 19.9 Å². The van der Waals surface area contributed by atoms with Crippen molar-refractivity contribution in [3.8, 4) is 0 Å². The molecule has 156 valence electrons. The van der Waals surface area contributed by atoms with Gasteiger partial charge in [-0.25, -0.2) is 9.59 Å². The SMILES string of the molecule is CC(=O)O.CC(C)C(OC(=O)NCC1CCCCC1)OC(=O)c1ccccc1. The Kier molecular flexibility index (Phi) is 10.7. The maximum Gasteiger partial charge on any atom is 0.410 e. The number of esters is 1. The summed E-state index contributed by atoms with van der Waals surface area (Å²) in [5, 5.41) is 10.2. The van der Waals surface area contributed by atoms with Gasteiger partial charge in [0.2, 0.25) is 0 Å². The second-order valence-corrected chi connectivity index (χ2v) is 7.19. The van der Waals surface area contributed by atoms with Gasteiger partial charge >= 0.3 is 12.1 Å². The van der Waals surface area contributed by atoms with Gasteiger partial charge in [0.15, 0.2) is 0 Å². The normalized spacial score (nSPS) is 15.0. The highest BCUT2D eigenvalue weighted by molar-refractivity contribution is 5.89. The Bertz CT molecular complexity index is 607. The van der Waals surface area contributed by atoms with Crippen LogP contribution in [0.5, 0.6) is 0 Å². The monoisotopic (exact) mass is 393 g/mol. The van der Waals surface area contributed by atoms with Crippen LogP contribution in [0.3, 0.4) is 0 Å². The zero-order valence-corrected chi connectivity index (χ0v) is 16.8. The first-order valence-corrected chi connectivity index (χ1v) is 9.69. The largest absolute Gasteiger partial charge is 0.481 e. The molecule has 1 unspecified atom stereocenters. The van der Waals surface area contributed by atoms with E-state index in [2.05, 4.69) is 5.32 Å². The number of nitrogens with one attached hydrogen (secondary N) is 1. The number of amides is 1. The van der Waals surface area contributed by atoms with Crippen LogP contribution in [0.2, 0.25) is 0 Å². The van der Waals surface area contributed by atoms with Crippen LogP contribution in [0.25, 0.3) is 0 Å². The van der Waals surface area contributed by atoms with Gasteiger partial charge in [-0.2, -0.15) is 0 Å². The quantitative estimate of drug-likeness (QED) is 0.554. The first kappa shape index (κ1) is 23.5. The van der Waals surface area contributed by atoms with Crippen LogP contribution >= 0.6 is 0 Å². The van der Waals surface area contributed by atoms with E-state index >= 15 is 0 Å². The lowest BCUT2D eigenvalue weighted by Crippen LogP contribution is -2.37. The molecule has 1 amide bonds. The van der Waals surface area contributed by atoms with Gasteiger partial charge in [0.1, 0.15) is 0 Å². The Hall–Kier alpha value is -2.57. The van der Waals surface area contributed by atoms with Gasteiger partial charge in [0.05, 0.1) is 5.56 Å². The van der Waals surface area contributed by atoms with Crippen molar-refractivity contribution in [2.75, 3.05) is 6.54 Å². The fourth-order valence-electron chi connectivity index (χ4n) is 2.81. The molecule has 0 heterocycles. The molecule has 1 aromatic rings. The number of ether oxygens (including phenoxy) is 2. The van der Waals surface area contributed by atoms with Crippen molar-refractivity contribution in [3.63, 3.8) is 0 Å². The van der Waals surface area contributed by atoms with Gasteiger partial charge in [0, 0.05) is 19.4 Å². The molecule has 7 nitrogen and oxygen atoms in total. The van der Waals surface area contributed by atoms with Crippen molar-refractivity contribution in [2.45, 2.75) is 59.2 Å². The number of alkyl carbamates (subject to hydrolysis) is 1. The molecule has 1 aliphatic carbocycles. The van der Waals surface area contributed by atoms with E-state index < -0.39 is 24.3 Å². The minimum Gasteiger partial charge on any atom is -0.481 e. The topological polar surface area (TPSA) is 102 Å². The Morgan fingerprint density at radius 1 is 1.07 bits per heavy atom. The summed E-state index contributed by atoms with van der Waals surface area (Å²) >= 11 is 0. The van der Waals surface area contributed by atoms with Crippen LogP contribution in [0.15, 0.2) is 30.3 Å². The smallest absolute Gasteiger partial charge is 0.410 e.